The molecule has 1 unspecified atom stereocenters. The third-order valence-corrected chi connectivity index (χ3v) is 2.83. The van der Waals surface area contributed by atoms with Crippen LogP contribution in [0, 0.1) is 0 Å². The normalized spacial score (nSPS) is 11.4. The minimum atomic E-state index is -1.02. The maximum absolute atomic E-state index is 11.5. The second-order valence-corrected chi connectivity index (χ2v) is 4.48. The first kappa shape index (κ1) is 14.2. The number of anilines is 1. The maximum Gasteiger partial charge on any atom is 0.335 e. The molecule has 0 aliphatic heterocycles. The summed E-state index contributed by atoms with van der Waals surface area (Å²) >= 11 is 3.20. The summed E-state index contributed by atoms with van der Waals surface area (Å²) in [5.74, 6) is -1.02. The molecule has 0 spiro atoms. The smallest absolute Gasteiger partial charge is 0.335 e. The lowest BCUT2D eigenvalue weighted by Gasteiger charge is -2.12. The molecule has 6 heteroatoms. The molecule has 96 valence electrons. The van der Waals surface area contributed by atoms with Crippen LogP contribution in [-0.4, -0.2) is 23.1 Å². The number of amides is 2. The van der Waals surface area contributed by atoms with Crippen molar-refractivity contribution in [3.63, 3.8) is 0 Å². The Kier molecular flexibility index (Phi) is 4.91. The standard InChI is InChI=1S/C12H13BrN2O3/c1-3-7(2)14-12(18)15-10-5-4-8(11(16)17)6-9(10)13/h3-7H,1H2,2H3,(H,16,17)(H2,14,15,18). The highest BCUT2D eigenvalue weighted by atomic mass is 79.9. The topological polar surface area (TPSA) is 78.4 Å². The Hall–Kier alpha value is -1.82. The van der Waals surface area contributed by atoms with Crippen molar-refractivity contribution >= 4 is 33.6 Å². The van der Waals surface area contributed by atoms with Crippen molar-refractivity contribution < 1.29 is 14.7 Å². The fraction of sp³-hybridized carbons (Fsp3) is 0.167. The minimum Gasteiger partial charge on any atom is -0.478 e. The highest BCUT2D eigenvalue weighted by molar-refractivity contribution is 9.10. The van der Waals surface area contributed by atoms with Gasteiger partial charge in [0.2, 0.25) is 0 Å². The maximum atomic E-state index is 11.5. The van der Waals surface area contributed by atoms with Crippen LogP contribution < -0.4 is 10.6 Å². The second-order valence-electron chi connectivity index (χ2n) is 3.62. The molecule has 0 aromatic heterocycles. The summed E-state index contributed by atoms with van der Waals surface area (Å²) in [4.78, 5) is 22.3. The summed E-state index contributed by atoms with van der Waals surface area (Å²) in [7, 11) is 0. The lowest BCUT2D eigenvalue weighted by molar-refractivity contribution is 0.0697. The van der Waals surface area contributed by atoms with E-state index in [2.05, 4.69) is 33.1 Å². The van der Waals surface area contributed by atoms with Gasteiger partial charge < -0.3 is 15.7 Å². The van der Waals surface area contributed by atoms with Gasteiger partial charge in [-0.15, -0.1) is 6.58 Å². The summed E-state index contributed by atoms with van der Waals surface area (Å²) < 4.78 is 0.504. The summed E-state index contributed by atoms with van der Waals surface area (Å²) in [5.41, 5.74) is 0.640. The zero-order chi connectivity index (χ0) is 13.7. The van der Waals surface area contributed by atoms with Crippen LogP contribution in [0.15, 0.2) is 35.3 Å². The van der Waals surface area contributed by atoms with Crippen LogP contribution >= 0.6 is 15.9 Å². The van der Waals surface area contributed by atoms with Crippen LogP contribution in [0.1, 0.15) is 17.3 Å². The average Bonchev–Trinajstić information content (AvgIpc) is 2.31. The number of aromatic carboxylic acids is 1. The molecule has 1 aromatic rings. The zero-order valence-corrected chi connectivity index (χ0v) is 11.3. The SMILES string of the molecule is C=CC(C)NC(=O)Nc1ccc(C(=O)O)cc1Br. The van der Waals surface area contributed by atoms with E-state index in [1.807, 2.05) is 0 Å². The molecule has 0 aliphatic rings. The van der Waals surface area contributed by atoms with Crippen LogP contribution in [0.2, 0.25) is 0 Å². The highest BCUT2D eigenvalue weighted by Crippen LogP contribution is 2.23. The van der Waals surface area contributed by atoms with E-state index in [9.17, 15) is 9.59 Å². The molecule has 0 saturated carbocycles. The van der Waals surface area contributed by atoms with Crippen molar-refractivity contribution in [3.05, 3.63) is 40.9 Å². The lowest BCUT2D eigenvalue weighted by Crippen LogP contribution is -2.34. The van der Waals surface area contributed by atoms with Gasteiger partial charge in [-0.25, -0.2) is 9.59 Å². The number of carboxylic acid groups (broad SMARTS) is 1. The van der Waals surface area contributed by atoms with Crippen LogP contribution in [0.3, 0.4) is 0 Å². The van der Waals surface area contributed by atoms with Gasteiger partial charge >= 0.3 is 12.0 Å². The predicted molar refractivity (Wildman–Crippen MR) is 72.9 cm³/mol. The van der Waals surface area contributed by atoms with Gasteiger partial charge in [0, 0.05) is 10.5 Å². The molecule has 0 fully saturated rings. The molecule has 0 radical (unpaired) electrons. The first-order chi connectivity index (χ1) is 8.43. The lowest BCUT2D eigenvalue weighted by atomic mass is 10.2. The number of hydrogen-bond donors (Lipinski definition) is 3. The van der Waals surface area contributed by atoms with Crippen LogP contribution in [-0.2, 0) is 0 Å². The number of carbonyl (C=O) groups excluding carboxylic acids is 1. The molecule has 3 N–H and O–H groups in total. The van der Waals surface area contributed by atoms with Crippen LogP contribution in [0.4, 0.5) is 10.5 Å². The van der Waals surface area contributed by atoms with Gasteiger partial charge in [0.15, 0.2) is 0 Å². The minimum absolute atomic E-state index is 0.146. The van der Waals surface area contributed by atoms with E-state index >= 15 is 0 Å². The molecule has 1 rings (SSSR count). The van der Waals surface area contributed by atoms with Gasteiger partial charge in [-0.2, -0.15) is 0 Å². The summed E-state index contributed by atoms with van der Waals surface area (Å²) in [6.45, 7) is 5.34. The van der Waals surface area contributed by atoms with E-state index in [-0.39, 0.29) is 17.6 Å². The van der Waals surface area contributed by atoms with E-state index in [0.717, 1.165) is 0 Å². The largest absolute Gasteiger partial charge is 0.478 e. The number of urea groups is 1. The van der Waals surface area contributed by atoms with Crippen molar-refractivity contribution in [3.8, 4) is 0 Å². The average molecular weight is 313 g/mol. The fourth-order valence-corrected chi connectivity index (χ4v) is 1.65. The third-order valence-electron chi connectivity index (χ3n) is 2.18. The molecule has 0 heterocycles. The van der Waals surface area contributed by atoms with Crippen molar-refractivity contribution in [1.82, 2.24) is 5.32 Å². The fourth-order valence-electron chi connectivity index (χ4n) is 1.17. The number of hydrogen-bond acceptors (Lipinski definition) is 2. The number of rotatable bonds is 4. The highest BCUT2D eigenvalue weighted by Gasteiger charge is 2.09. The van der Waals surface area contributed by atoms with Crippen molar-refractivity contribution in [2.45, 2.75) is 13.0 Å². The van der Waals surface area contributed by atoms with Gasteiger partial charge in [0.05, 0.1) is 11.3 Å². The summed E-state index contributed by atoms with van der Waals surface area (Å²) in [5, 5.41) is 14.0. The Morgan fingerprint density at radius 2 is 2.17 bits per heavy atom. The molecular weight excluding hydrogens is 300 g/mol. The molecule has 5 nitrogen and oxygen atoms in total. The van der Waals surface area contributed by atoms with Crippen molar-refractivity contribution in [2.75, 3.05) is 5.32 Å². The van der Waals surface area contributed by atoms with E-state index in [1.165, 1.54) is 18.2 Å². The summed E-state index contributed by atoms with van der Waals surface area (Å²) in [6, 6.07) is 3.83. The predicted octanol–water partition coefficient (Wildman–Crippen LogP) is 2.84. The Labute approximate surface area is 113 Å². The molecule has 0 aliphatic carbocycles. The molecular formula is C12H13BrN2O3. The summed E-state index contributed by atoms with van der Waals surface area (Å²) in [6.07, 6.45) is 1.60. The quantitative estimate of drug-likeness (QED) is 0.748. The monoisotopic (exact) mass is 312 g/mol. The molecule has 1 atom stereocenters. The first-order valence-electron chi connectivity index (χ1n) is 5.17. The zero-order valence-electron chi connectivity index (χ0n) is 9.74. The van der Waals surface area contributed by atoms with Crippen LogP contribution in [0.5, 0.6) is 0 Å². The van der Waals surface area contributed by atoms with E-state index in [1.54, 1.807) is 13.0 Å². The number of carboxylic acids is 1. The second kappa shape index (κ2) is 6.20. The number of nitrogens with one attached hydrogen (secondary N) is 2. The van der Waals surface area contributed by atoms with Crippen LogP contribution in [0.25, 0.3) is 0 Å². The Morgan fingerprint density at radius 1 is 1.50 bits per heavy atom. The first-order valence-corrected chi connectivity index (χ1v) is 5.96. The van der Waals surface area contributed by atoms with E-state index in [4.69, 9.17) is 5.11 Å². The molecule has 1 aromatic carbocycles. The number of carbonyl (C=O) groups is 2. The van der Waals surface area contributed by atoms with Gasteiger partial charge in [-0.1, -0.05) is 6.08 Å². The number of benzene rings is 1. The van der Waals surface area contributed by atoms with Gasteiger partial charge in [0.1, 0.15) is 0 Å². The van der Waals surface area contributed by atoms with E-state index in [0.29, 0.717) is 10.2 Å². The van der Waals surface area contributed by atoms with Gasteiger partial charge in [-0.05, 0) is 41.1 Å². The van der Waals surface area contributed by atoms with Crippen molar-refractivity contribution in [2.24, 2.45) is 0 Å². The van der Waals surface area contributed by atoms with Crippen molar-refractivity contribution in [1.29, 1.82) is 0 Å². The Morgan fingerprint density at radius 3 is 2.67 bits per heavy atom. The third kappa shape index (κ3) is 3.89. The van der Waals surface area contributed by atoms with Gasteiger partial charge in [-0.3, -0.25) is 0 Å². The molecule has 0 bridgehead atoms. The number of halogens is 1. The van der Waals surface area contributed by atoms with E-state index < -0.39 is 5.97 Å². The van der Waals surface area contributed by atoms with Gasteiger partial charge in [0.25, 0.3) is 0 Å². The molecule has 2 amide bonds. The Balaban J connectivity index is 2.76. The Bertz CT molecular complexity index is 488. The molecule has 0 saturated heterocycles. The molecule has 18 heavy (non-hydrogen) atoms.